The van der Waals surface area contributed by atoms with Gasteiger partial charge >= 0.3 is 0 Å². The molecule has 0 aliphatic rings. The molecule has 0 aromatic carbocycles. The molecule has 2 heteroatoms. The summed E-state index contributed by atoms with van der Waals surface area (Å²) in [5.41, 5.74) is 5.75. The normalized spacial score (nSPS) is 1.20. The van der Waals surface area contributed by atoms with E-state index in [2.05, 4.69) is 0 Å². The maximum Gasteiger partial charge on any atom is 0 e. The van der Waals surface area contributed by atoms with E-state index in [1.807, 2.05) is 0 Å². The van der Waals surface area contributed by atoms with E-state index in [9.17, 15) is 0 Å². The zero-order chi connectivity index (χ0) is 2.00. The maximum absolute atomic E-state index is 5.75. The molecule has 0 aliphatic carbocycles. The summed E-state index contributed by atoms with van der Waals surface area (Å²) in [5, 5.41) is 0. The van der Waals surface area contributed by atoms with Crippen LogP contribution in [0.4, 0.5) is 0 Å². The Morgan fingerprint density at radius 2 is 1.00 bits per heavy atom. The van der Waals surface area contributed by atoms with Crippen molar-refractivity contribution in [3.05, 3.63) is 20.6 Å². The van der Waals surface area contributed by atoms with Gasteiger partial charge in [-0.05, 0) is 0 Å². The van der Waals surface area contributed by atoms with E-state index in [1.54, 1.807) is 0 Å². The van der Waals surface area contributed by atoms with Gasteiger partial charge < -0.3 is 20.6 Å². The van der Waals surface area contributed by atoms with Gasteiger partial charge in [-0.3, -0.25) is 0 Å². The first-order valence-electron chi connectivity index (χ1n) is 0.500. The molecular formula is C3H10NPt-3. The molecule has 0 radical (unpaired) electrons. The summed E-state index contributed by atoms with van der Waals surface area (Å²) < 4.78 is 0. The molecule has 0 heterocycles. The molecule has 0 bridgehead atoms. The van der Waals surface area contributed by atoms with Crippen LogP contribution in [0.25, 0.3) is 5.73 Å². The van der Waals surface area contributed by atoms with Crippen molar-refractivity contribution in [1.82, 2.24) is 0 Å². The molecule has 0 saturated heterocycles. The first-order chi connectivity index (χ1) is 1.00. The van der Waals surface area contributed by atoms with E-state index in [4.69, 9.17) is 5.73 Å². The maximum atomic E-state index is 5.75. The van der Waals surface area contributed by atoms with Crippen molar-refractivity contribution in [1.29, 1.82) is 0 Å². The molecule has 40 valence electrons. The Balaban J connectivity index is -0.00000000167. The first kappa shape index (κ1) is 44.9. The summed E-state index contributed by atoms with van der Waals surface area (Å²) in [7, 11) is 1.25. The van der Waals surface area contributed by atoms with Gasteiger partial charge in [-0.1, -0.05) is 0 Å². The molecule has 0 fully saturated rings. The average molecular weight is 255 g/mol. The topological polar surface area (TPSA) is 23.8 Å². The van der Waals surface area contributed by atoms with E-state index >= 15 is 0 Å². The molecule has 1 nitrogen and oxygen atoms in total. The van der Waals surface area contributed by atoms with Gasteiger partial charge in [0, 0.05) is 21.1 Å². The molecule has 0 aromatic heterocycles. The third-order valence-corrected chi connectivity index (χ3v) is 0. The predicted octanol–water partition coefficient (Wildman–Crippen LogP) is 1.57. The quantitative estimate of drug-likeness (QED) is 0.587. The van der Waals surface area contributed by atoms with Crippen molar-refractivity contribution in [2.24, 2.45) is 0 Å². The summed E-state index contributed by atoms with van der Waals surface area (Å²) >= 11 is 0. The van der Waals surface area contributed by atoms with Crippen molar-refractivity contribution in [3.8, 4) is 0 Å². The SMILES string of the molecule is C[NH-].[CH3-].[CH3-].[Pt]. The molecule has 0 saturated carbocycles. The molecular weight excluding hydrogens is 245 g/mol. The van der Waals surface area contributed by atoms with Crippen LogP contribution >= 0.6 is 0 Å². The zero-order valence-corrected chi connectivity index (χ0v) is 6.09. The van der Waals surface area contributed by atoms with Crippen molar-refractivity contribution in [3.63, 3.8) is 0 Å². The molecule has 0 spiro atoms. The smallest absolute Gasteiger partial charge is 0 e. The van der Waals surface area contributed by atoms with Gasteiger partial charge in [0.15, 0.2) is 0 Å². The van der Waals surface area contributed by atoms with Crippen molar-refractivity contribution in [2.75, 3.05) is 7.05 Å². The summed E-state index contributed by atoms with van der Waals surface area (Å²) in [4.78, 5) is 0. The molecule has 1 N–H and O–H groups in total. The van der Waals surface area contributed by atoms with E-state index < -0.39 is 0 Å². The van der Waals surface area contributed by atoms with Gasteiger partial charge in [0.25, 0.3) is 0 Å². The largest absolute Gasteiger partial charge is 0.680 e. The van der Waals surface area contributed by atoms with E-state index in [-0.39, 0.29) is 35.9 Å². The molecule has 0 aliphatic heterocycles. The Kier molecular flexibility index (Phi) is 1320. The van der Waals surface area contributed by atoms with E-state index in [0.29, 0.717) is 0 Å². The monoisotopic (exact) mass is 255 g/mol. The van der Waals surface area contributed by atoms with Crippen LogP contribution in [0.1, 0.15) is 0 Å². The minimum absolute atomic E-state index is 0. The number of hydrogen-bond acceptors (Lipinski definition) is 0. The van der Waals surface area contributed by atoms with Crippen LogP contribution in [0.2, 0.25) is 0 Å². The average Bonchev–Trinajstić information content (AvgIpc) is 1.00. The van der Waals surface area contributed by atoms with Crippen molar-refractivity contribution < 1.29 is 21.1 Å². The minimum Gasteiger partial charge on any atom is -0.680 e. The van der Waals surface area contributed by atoms with Gasteiger partial charge in [-0.25, -0.2) is 0 Å². The summed E-state index contributed by atoms with van der Waals surface area (Å²) in [6.07, 6.45) is 0. The predicted molar refractivity (Wildman–Crippen MR) is 23.1 cm³/mol. The Bertz CT molecular complexity index is 6.85. The number of nitrogens with one attached hydrogen (secondary N) is 1. The Morgan fingerprint density at radius 3 is 1.00 bits per heavy atom. The van der Waals surface area contributed by atoms with E-state index in [1.165, 1.54) is 7.05 Å². The second-order valence-electron chi connectivity index (χ2n) is 0. The fraction of sp³-hybridized carbons (Fsp3) is 0.333. The second kappa shape index (κ2) is 147. The van der Waals surface area contributed by atoms with E-state index in [0.717, 1.165) is 0 Å². The third kappa shape index (κ3) is 77.6. The van der Waals surface area contributed by atoms with Gasteiger partial charge in [-0.15, -0.1) is 0 Å². The Morgan fingerprint density at radius 1 is 1.00 bits per heavy atom. The number of rotatable bonds is 0. The standard InChI is InChI=1S/CH4N.2CH3.Pt/c1-2;;;/h2H,1H3;2*1H3;/q3*-1;. The molecule has 0 atom stereocenters. The molecule has 0 amide bonds. The second-order valence-corrected chi connectivity index (χ2v) is 0. The van der Waals surface area contributed by atoms with Gasteiger partial charge in [0.1, 0.15) is 0 Å². The molecule has 0 rings (SSSR count). The van der Waals surface area contributed by atoms with Crippen LogP contribution in [0.3, 0.4) is 0 Å². The molecule has 5 heavy (non-hydrogen) atoms. The van der Waals surface area contributed by atoms with Crippen LogP contribution in [-0.2, 0) is 21.1 Å². The summed E-state index contributed by atoms with van der Waals surface area (Å²) in [6.45, 7) is 0. The van der Waals surface area contributed by atoms with Crippen LogP contribution in [-0.4, -0.2) is 7.05 Å². The molecule has 0 aromatic rings. The first-order valence-corrected chi connectivity index (χ1v) is 0.500. The van der Waals surface area contributed by atoms with Crippen molar-refractivity contribution >= 4 is 0 Å². The van der Waals surface area contributed by atoms with Gasteiger partial charge in [0.05, 0.1) is 0 Å². The van der Waals surface area contributed by atoms with Gasteiger partial charge in [0.2, 0.25) is 0 Å². The van der Waals surface area contributed by atoms with Crippen molar-refractivity contribution in [2.45, 2.75) is 0 Å². The fourth-order valence-electron chi connectivity index (χ4n) is 0. The van der Waals surface area contributed by atoms with Crippen LogP contribution in [0, 0.1) is 14.9 Å². The summed E-state index contributed by atoms with van der Waals surface area (Å²) in [5.74, 6) is 0. The van der Waals surface area contributed by atoms with Gasteiger partial charge in [-0.2, -0.15) is 7.05 Å². The van der Waals surface area contributed by atoms with Crippen LogP contribution < -0.4 is 0 Å². The summed E-state index contributed by atoms with van der Waals surface area (Å²) in [6, 6.07) is 0. The van der Waals surface area contributed by atoms with Crippen LogP contribution in [0.15, 0.2) is 0 Å². The Hall–Kier alpha value is 0.648. The third-order valence-electron chi connectivity index (χ3n) is 0. The molecule has 0 unspecified atom stereocenters. The minimum atomic E-state index is 0. The Labute approximate surface area is 49.2 Å². The zero-order valence-electron chi connectivity index (χ0n) is 3.82. The number of hydrogen-bond donors (Lipinski definition) is 0. The fourth-order valence-corrected chi connectivity index (χ4v) is 0. The van der Waals surface area contributed by atoms with Crippen LogP contribution in [0.5, 0.6) is 0 Å².